The molecule has 0 saturated heterocycles. The molecule has 0 aliphatic carbocycles. The molecule has 0 fully saturated rings. The summed E-state index contributed by atoms with van der Waals surface area (Å²) < 4.78 is 21.2. The molecule has 0 aromatic heterocycles. The van der Waals surface area contributed by atoms with E-state index >= 15 is 0 Å². The van der Waals surface area contributed by atoms with Crippen LogP contribution in [0.25, 0.3) is 6.08 Å². The second kappa shape index (κ2) is 7.49. The minimum atomic E-state index is -0.547. The number of hydrogen-bond donors (Lipinski definition) is 0. The van der Waals surface area contributed by atoms with Gasteiger partial charge in [-0.1, -0.05) is 23.7 Å². The van der Waals surface area contributed by atoms with Crippen molar-refractivity contribution in [1.82, 2.24) is 0 Å². The second-order valence-electron chi connectivity index (χ2n) is 5.31. The van der Waals surface area contributed by atoms with E-state index < -0.39 is 5.97 Å². The summed E-state index contributed by atoms with van der Waals surface area (Å²) >= 11 is 5.97. The Labute approximate surface area is 155 Å². The van der Waals surface area contributed by atoms with Gasteiger partial charge in [-0.15, -0.1) is 0 Å². The molecule has 6 nitrogen and oxygen atoms in total. The quantitative estimate of drug-likeness (QED) is 0.590. The van der Waals surface area contributed by atoms with Gasteiger partial charge in [-0.05, 0) is 35.9 Å². The van der Waals surface area contributed by atoms with Gasteiger partial charge < -0.3 is 18.9 Å². The van der Waals surface area contributed by atoms with Gasteiger partial charge in [0.05, 0.1) is 21.3 Å². The second-order valence-corrected chi connectivity index (χ2v) is 5.74. The van der Waals surface area contributed by atoms with Crippen molar-refractivity contribution in [3.05, 3.63) is 58.2 Å². The lowest BCUT2D eigenvalue weighted by Gasteiger charge is -2.13. The maximum Gasteiger partial charge on any atom is 0.363 e. The van der Waals surface area contributed by atoms with Crippen LogP contribution in [0.5, 0.6) is 17.2 Å². The number of aliphatic imine (C=N–C) groups is 1. The lowest BCUT2D eigenvalue weighted by atomic mass is 10.1. The fourth-order valence-corrected chi connectivity index (χ4v) is 2.69. The lowest BCUT2D eigenvalue weighted by molar-refractivity contribution is -0.129. The standard InChI is InChI=1S/C19H16ClNO5/c1-23-15-9-12(10-16(24-2)17(15)25-3)18-21-14(19(22)26-18)8-11-5-4-6-13(20)7-11/h4-10H,1-3H3. The number of esters is 1. The van der Waals surface area contributed by atoms with Crippen LogP contribution in [0, 0.1) is 0 Å². The molecule has 1 heterocycles. The highest BCUT2D eigenvalue weighted by molar-refractivity contribution is 6.30. The Morgan fingerprint density at radius 3 is 2.31 bits per heavy atom. The minimum absolute atomic E-state index is 0.155. The van der Waals surface area contributed by atoms with Crippen molar-refractivity contribution in [3.63, 3.8) is 0 Å². The highest BCUT2D eigenvalue weighted by atomic mass is 35.5. The van der Waals surface area contributed by atoms with Crippen molar-refractivity contribution >= 4 is 29.5 Å². The van der Waals surface area contributed by atoms with E-state index in [9.17, 15) is 4.79 Å². The van der Waals surface area contributed by atoms with Gasteiger partial charge >= 0.3 is 5.97 Å². The lowest BCUT2D eigenvalue weighted by Crippen LogP contribution is -2.06. The smallest absolute Gasteiger partial charge is 0.363 e. The van der Waals surface area contributed by atoms with Crippen LogP contribution in [0.1, 0.15) is 11.1 Å². The van der Waals surface area contributed by atoms with Crippen LogP contribution in [-0.4, -0.2) is 33.2 Å². The summed E-state index contributed by atoms with van der Waals surface area (Å²) in [6.07, 6.45) is 1.61. The van der Waals surface area contributed by atoms with Crippen LogP contribution < -0.4 is 14.2 Å². The minimum Gasteiger partial charge on any atom is -0.493 e. The predicted octanol–water partition coefficient (Wildman–Crippen LogP) is 3.71. The number of cyclic esters (lactones) is 1. The molecule has 2 aromatic rings. The zero-order valence-corrected chi connectivity index (χ0v) is 15.2. The van der Waals surface area contributed by atoms with E-state index in [0.717, 1.165) is 5.56 Å². The normalized spacial score (nSPS) is 14.8. The van der Waals surface area contributed by atoms with Crippen LogP contribution in [0.4, 0.5) is 0 Å². The highest BCUT2D eigenvalue weighted by Crippen LogP contribution is 2.39. The molecule has 3 rings (SSSR count). The van der Waals surface area contributed by atoms with Gasteiger partial charge in [-0.2, -0.15) is 0 Å². The SMILES string of the molecule is COc1cc(C2=NC(=Cc3cccc(Cl)c3)C(=O)O2)cc(OC)c1OC. The molecule has 1 aliphatic heterocycles. The van der Waals surface area contributed by atoms with Crippen molar-refractivity contribution in [2.24, 2.45) is 4.99 Å². The fraction of sp³-hybridized carbons (Fsp3) is 0.158. The van der Waals surface area contributed by atoms with Crippen LogP contribution in [0.3, 0.4) is 0 Å². The first kappa shape index (κ1) is 17.8. The number of nitrogens with zero attached hydrogens (tertiary/aromatic N) is 1. The average Bonchev–Trinajstić information content (AvgIpc) is 3.01. The molecule has 0 N–H and O–H groups in total. The molecule has 0 saturated carbocycles. The van der Waals surface area contributed by atoms with Gasteiger partial charge in [0, 0.05) is 10.6 Å². The Hall–Kier alpha value is -2.99. The molecule has 0 amide bonds. The van der Waals surface area contributed by atoms with E-state index in [0.29, 0.717) is 27.8 Å². The number of rotatable bonds is 5. The molecular weight excluding hydrogens is 358 g/mol. The van der Waals surface area contributed by atoms with Crippen molar-refractivity contribution in [3.8, 4) is 17.2 Å². The Kier molecular flexibility index (Phi) is 5.14. The number of carbonyl (C=O) groups is 1. The van der Waals surface area contributed by atoms with Crippen molar-refractivity contribution < 1.29 is 23.7 Å². The average molecular weight is 374 g/mol. The molecule has 0 radical (unpaired) electrons. The van der Waals surface area contributed by atoms with Crippen LogP contribution >= 0.6 is 11.6 Å². The van der Waals surface area contributed by atoms with Crippen molar-refractivity contribution in [2.45, 2.75) is 0 Å². The fourth-order valence-electron chi connectivity index (χ4n) is 2.49. The molecule has 0 atom stereocenters. The predicted molar refractivity (Wildman–Crippen MR) is 98.2 cm³/mol. The number of ether oxygens (including phenoxy) is 4. The summed E-state index contributed by atoms with van der Waals surface area (Å²) in [5, 5.41) is 0.569. The van der Waals surface area contributed by atoms with Gasteiger partial charge in [0.15, 0.2) is 17.2 Å². The number of benzene rings is 2. The van der Waals surface area contributed by atoms with E-state index in [2.05, 4.69) is 4.99 Å². The molecule has 0 unspecified atom stereocenters. The molecule has 0 spiro atoms. The first-order chi connectivity index (χ1) is 12.5. The van der Waals surface area contributed by atoms with Crippen LogP contribution in [0.15, 0.2) is 47.1 Å². The summed E-state index contributed by atoms with van der Waals surface area (Å²) in [7, 11) is 4.53. The highest BCUT2D eigenvalue weighted by Gasteiger charge is 2.26. The van der Waals surface area contributed by atoms with Gasteiger partial charge in [0.1, 0.15) is 0 Å². The number of methoxy groups -OCH3 is 3. The van der Waals surface area contributed by atoms with E-state index in [1.54, 1.807) is 36.4 Å². The third kappa shape index (κ3) is 3.50. The third-order valence-electron chi connectivity index (χ3n) is 3.68. The molecule has 7 heteroatoms. The topological polar surface area (TPSA) is 66.4 Å². The van der Waals surface area contributed by atoms with Gasteiger partial charge in [0.25, 0.3) is 0 Å². The Bertz CT molecular complexity index is 895. The molecule has 2 aromatic carbocycles. The van der Waals surface area contributed by atoms with Crippen LogP contribution in [-0.2, 0) is 9.53 Å². The summed E-state index contributed by atoms with van der Waals surface area (Å²) in [5.41, 5.74) is 1.46. The summed E-state index contributed by atoms with van der Waals surface area (Å²) in [6.45, 7) is 0. The zero-order chi connectivity index (χ0) is 18.7. The van der Waals surface area contributed by atoms with E-state index in [-0.39, 0.29) is 11.6 Å². The number of hydrogen-bond acceptors (Lipinski definition) is 6. The summed E-state index contributed by atoms with van der Waals surface area (Å²) in [6, 6.07) is 10.4. The maximum absolute atomic E-state index is 12.2. The van der Waals surface area contributed by atoms with Crippen LogP contribution in [0.2, 0.25) is 5.02 Å². The zero-order valence-electron chi connectivity index (χ0n) is 14.4. The van der Waals surface area contributed by atoms with Crippen molar-refractivity contribution in [2.75, 3.05) is 21.3 Å². The van der Waals surface area contributed by atoms with E-state index in [1.807, 2.05) is 6.07 Å². The third-order valence-corrected chi connectivity index (χ3v) is 3.92. The molecular formula is C19H16ClNO5. The maximum atomic E-state index is 12.2. The first-order valence-corrected chi connectivity index (χ1v) is 8.02. The van der Waals surface area contributed by atoms with E-state index in [1.165, 1.54) is 21.3 Å². The van der Waals surface area contributed by atoms with E-state index in [4.69, 9.17) is 30.5 Å². The molecule has 0 bridgehead atoms. The van der Waals surface area contributed by atoms with Gasteiger partial charge in [-0.3, -0.25) is 0 Å². The number of halogens is 1. The summed E-state index contributed by atoms with van der Waals surface area (Å²) in [5.74, 6) is 0.926. The largest absolute Gasteiger partial charge is 0.493 e. The molecule has 134 valence electrons. The number of carbonyl (C=O) groups excluding carboxylic acids is 1. The Morgan fingerprint density at radius 2 is 1.73 bits per heavy atom. The monoisotopic (exact) mass is 373 g/mol. The Balaban J connectivity index is 2.01. The molecule has 26 heavy (non-hydrogen) atoms. The Morgan fingerprint density at radius 1 is 1.04 bits per heavy atom. The molecule has 1 aliphatic rings. The first-order valence-electron chi connectivity index (χ1n) is 7.64. The van der Waals surface area contributed by atoms with Gasteiger partial charge in [0.2, 0.25) is 11.6 Å². The van der Waals surface area contributed by atoms with Gasteiger partial charge in [-0.25, -0.2) is 9.79 Å². The van der Waals surface area contributed by atoms with Crippen molar-refractivity contribution in [1.29, 1.82) is 0 Å². The summed E-state index contributed by atoms with van der Waals surface area (Å²) in [4.78, 5) is 16.4.